The first kappa shape index (κ1) is 22.9. The minimum absolute atomic E-state index is 0.510. The van der Waals surface area contributed by atoms with E-state index < -0.39 is 0 Å². The van der Waals surface area contributed by atoms with E-state index >= 15 is 0 Å². The van der Waals surface area contributed by atoms with Crippen molar-refractivity contribution in [2.45, 2.75) is 92.7 Å². The molecule has 0 aromatic carbocycles. The summed E-state index contributed by atoms with van der Waals surface area (Å²) in [5.41, 5.74) is 0.510. The molecule has 1 atom stereocenters. The Labute approximate surface area is 159 Å². The SMILES string of the molecule is CCN(CC)C(C)CCN(CC)C1CCN(CC(C)(CC)CC)CC1. The minimum Gasteiger partial charge on any atom is -0.303 e. The first-order chi connectivity index (χ1) is 11.9. The van der Waals surface area contributed by atoms with Crippen LogP contribution in [0.3, 0.4) is 0 Å². The number of hydrogen-bond donors (Lipinski definition) is 0. The molecule has 0 spiro atoms. The lowest BCUT2D eigenvalue weighted by atomic mass is 9.83. The fourth-order valence-corrected chi connectivity index (χ4v) is 4.44. The Hall–Kier alpha value is -0.120. The molecule has 0 aliphatic carbocycles. The van der Waals surface area contributed by atoms with Crippen LogP contribution >= 0.6 is 0 Å². The van der Waals surface area contributed by atoms with Crippen LogP contribution in [0.15, 0.2) is 0 Å². The highest BCUT2D eigenvalue weighted by molar-refractivity contribution is 4.84. The summed E-state index contributed by atoms with van der Waals surface area (Å²) in [6.07, 6.45) is 6.62. The van der Waals surface area contributed by atoms with E-state index in [0.717, 1.165) is 6.04 Å². The summed E-state index contributed by atoms with van der Waals surface area (Å²) in [4.78, 5) is 8.08. The molecule has 0 N–H and O–H groups in total. The highest BCUT2D eigenvalue weighted by Crippen LogP contribution is 2.28. The summed E-state index contributed by atoms with van der Waals surface area (Å²) >= 11 is 0. The van der Waals surface area contributed by atoms with E-state index in [1.165, 1.54) is 77.9 Å². The third-order valence-electron chi connectivity index (χ3n) is 7.06. The lowest BCUT2D eigenvalue weighted by molar-refractivity contribution is 0.0745. The molecule has 1 unspecified atom stereocenters. The molecular formula is C22H47N3. The van der Waals surface area contributed by atoms with Gasteiger partial charge in [0.25, 0.3) is 0 Å². The van der Waals surface area contributed by atoms with Gasteiger partial charge in [0, 0.05) is 18.6 Å². The van der Waals surface area contributed by atoms with Crippen LogP contribution in [0, 0.1) is 5.41 Å². The van der Waals surface area contributed by atoms with Gasteiger partial charge in [-0.3, -0.25) is 0 Å². The van der Waals surface area contributed by atoms with Crippen LogP contribution in [0.1, 0.15) is 80.6 Å². The maximum atomic E-state index is 2.76. The maximum Gasteiger partial charge on any atom is 0.0119 e. The van der Waals surface area contributed by atoms with Crippen molar-refractivity contribution in [3.63, 3.8) is 0 Å². The molecule has 1 aliphatic rings. The topological polar surface area (TPSA) is 9.72 Å². The molecule has 25 heavy (non-hydrogen) atoms. The normalized spacial score (nSPS) is 19.1. The second kappa shape index (κ2) is 11.6. The molecule has 0 aromatic heterocycles. The van der Waals surface area contributed by atoms with Crippen molar-refractivity contribution in [1.29, 1.82) is 0 Å². The summed E-state index contributed by atoms with van der Waals surface area (Å²) in [5, 5.41) is 0. The van der Waals surface area contributed by atoms with Gasteiger partial charge in [0.15, 0.2) is 0 Å². The monoisotopic (exact) mass is 353 g/mol. The van der Waals surface area contributed by atoms with Crippen LogP contribution in [0.5, 0.6) is 0 Å². The fourth-order valence-electron chi connectivity index (χ4n) is 4.44. The van der Waals surface area contributed by atoms with Crippen LogP contribution in [-0.4, -0.2) is 72.6 Å². The molecule has 0 radical (unpaired) electrons. The number of piperidine rings is 1. The summed E-state index contributed by atoms with van der Waals surface area (Å²) in [6.45, 7) is 25.2. The third kappa shape index (κ3) is 7.19. The summed E-state index contributed by atoms with van der Waals surface area (Å²) in [6, 6.07) is 1.51. The second-order valence-electron chi connectivity index (χ2n) is 8.51. The Morgan fingerprint density at radius 2 is 1.52 bits per heavy atom. The molecule has 0 amide bonds. The van der Waals surface area contributed by atoms with E-state index in [-0.39, 0.29) is 0 Å². The van der Waals surface area contributed by atoms with Crippen molar-refractivity contribution in [3.8, 4) is 0 Å². The predicted octanol–water partition coefficient (Wildman–Crippen LogP) is 4.72. The van der Waals surface area contributed by atoms with Crippen molar-refractivity contribution in [2.24, 2.45) is 5.41 Å². The number of likely N-dealkylation sites (tertiary alicyclic amines) is 1. The molecule has 3 nitrogen and oxygen atoms in total. The Balaban J connectivity index is 2.43. The summed E-state index contributed by atoms with van der Waals surface area (Å²) in [5.74, 6) is 0. The number of hydrogen-bond acceptors (Lipinski definition) is 3. The molecule has 150 valence electrons. The van der Waals surface area contributed by atoms with E-state index in [4.69, 9.17) is 0 Å². The highest BCUT2D eigenvalue weighted by atomic mass is 15.2. The minimum atomic E-state index is 0.510. The van der Waals surface area contributed by atoms with Gasteiger partial charge < -0.3 is 14.7 Å². The standard InChI is InChI=1S/C22H47N3/c1-8-22(7,9-2)19-23-16-14-21(15-17-23)25(12-5)18-13-20(6)24(10-3)11-4/h20-21H,8-19H2,1-7H3. The molecule has 1 aliphatic heterocycles. The Kier molecular flexibility index (Phi) is 10.6. The van der Waals surface area contributed by atoms with Gasteiger partial charge in [-0.05, 0) is 83.7 Å². The summed E-state index contributed by atoms with van der Waals surface area (Å²) < 4.78 is 0. The molecule has 0 bridgehead atoms. The maximum absolute atomic E-state index is 2.76. The third-order valence-corrected chi connectivity index (χ3v) is 7.06. The number of rotatable bonds is 12. The van der Waals surface area contributed by atoms with E-state index in [1.54, 1.807) is 0 Å². The van der Waals surface area contributed by atoms with Crippen LogP contribution < -0.4 is 0 Å². The molecule has 1 heterocycles. The van der Waals surface area contributed by atoms with Crippen molar-refractivity contribution >= 4 is 0 Å². The molecule has 0 aromatic rings. The molecule has 3 heteroatoms. The van der Waals surface area contributed by atoms with Gasteiger partial charge in [0.1, 0.15) is 0 Å². The first-order valence-corrected chi connectivity index (χ1v) is 11.1. The van der Waals surface area contributed by atoms with Gasteiger partial charge in [0.2, 0.25) is 0 Å². The average molecular weight is 354 g/mol. The molecular weight excluding hydrogens is 306 g/mol. The van der Waals surface area contributed by atoms with Gasteiger partial charge in [-0.1, -0.05) is 41.5 Å². The summed E-state index contributed by atoms with van der Waals surface area (Å²) in [7, 11) is 0. The van der Waals surface area contributed by atoms with Crippen molar-refractivity contribution < 1.29 is 0 Å². The van der Waals surface area contributed by atoms with Crippen molar-refractivity contribution in [1.82, 2.24) is 14.7 Å². The smallest absolute Gasteiger partial charge is 0.0119 e. The van der Waals surface area contributed by atoms with Crippen LogP contribution in [-0.2, 0) is 0 Å². The van der Waals surface area contributed by atoms with E-state index in [2.05, 4.69) is 63.2 Å². The van der Waals surface area contributed by atoms with Gasteiger partial charge >= 0.3 is 0 Å². The average Bonchev–Trinajstić information content (AvgIpc) is 2.64. The zero-order valence-corrected chi connectivity index (χ0v) is 18.5. The zero-order chi connectivity index (χ0) is 18.9. The van der Waals surface area contributed by atoms with Gasteiger partial charge in [0.05, 0.1) is 0 Å². The van der Waals surface area contributed by atoms with Crippen molar-refractivity contribution in [2.75, 3.05) is 45.8 Å². The Morgan fingerprint density at radius 1 is 0.960 bits per heavy atom. The van der Waals surface area contributed by atoms with E-state index in [1.807, 2.05) is 0 Å². The molecule has 1 fully saturated rings. The van der Waals surface area contributed by atoms with Gasteiger partial charge in [-0.25, -0.2) is 0 Å². The molecule has 1 rings (SSSR count). The van der Waals surface area contributed by atoms with Crippen LogP contribution in [0.4, 0.5) is 0 Å². The van der Waals surface area contributed by atoms with E-state index in [0.29, 0.717) is 11.5 Å². The van der Waals surface area contributed by atoms with Gasteiger partial charge in [-0.2, -0.15) is 0 Å². The zero-order valence-electron chi connectivity index (χ0n) is 18.5. The Morgan fingerprint density at radius 3 is 1.96 bits per heavy atom. The lowest BCUT2D eigenvalue weighted by Crippen LogP contribution is -2.48. The number of nitrogens with zero attached hydrogens (tertiary/aromatic N) is 3. The highest BCUT2D eigenvalue weighted by Gasteiger charge is 2.28. The van der Waals surface area contributed by atoms with Crippen LogP contribution in [0.25, 0.3) is 0 Å². The quantitative estimate of drug-likeness (QED) is 0.503. The first-order valence-electron chi connectivity index (χ1n) is 11.1. The van der Waals surface area contributed by atoms with Crippen molar-refractivity contribution in [3.05, 3.63) is 0 Å². The largest absolute Gasteiger partial charge is 0.303 e. The Bertz CT molecular complexity index is 328. The molecule has 0 saturated carbocycles. The van der Waals surface area contributed by atoms with Crippen LogP contribution in [0.2, 0.25) is 0 Å². The predicted molar refractivity (Wildman–Crippen MR) is 112 cm³/mol. The van der Waals surface area contributed by atoms with Gasteiger partial charge in [-0.15, -0.1) is 0 Å². The van der Waals surface area contributed by atoms with E-state index in [9.17, 15) is 0 Å². The lowest BCUT2D eigenvalue weighted by Gasteiger charge is -2.42. The second-order valence-corrected chi connectivity index (χ2v) is 8.51. The fraction of sp³-hybridized carbons (Fsp3) is 1.00. The molecule has 1 saturated heterocycles.